The van der Waals surface area contributed by atoms with E-state index in [4.69, 9.17) is 5.84 Å². The zero-order chi connectivity index (χ0) is 13.2. The minimum absolute atomic E-state index is 0.0172. The van der Waals surface area contributed by atoms with E-state index in [1.165, 1.54) is 6.92 Å². The number of nitro groups is 2. The molecule has 90 valence electrons. The van der Waals surface area contributed by atoms with Gasteiger partial charge >= 0.3 is 0 Å². The van der Waals surface area contributed by atoms with Crippen molar-refractivity contribution in [3.8, 4) is 0 Å². The molecule has 0 unspecified atom stereocenters. The number of hydrazine groups is 1. The molecule has 3 N–H and O–H groups in total. The molecular formula is C8H8N4O5. The van der Waals surface area contributed by atoms with Gasteiger partial charge in [-0.05, 0) is 6.92 Å². The van der Waals surface area contributed by atoms with Crippen LogP contribution in [-0.2, 0) is 0 Å². The number of carbonyl (C=O) groups is 1. The molecule has 0 aliphatic carbocycles. The zero-order valence-electron chi connectivity index (χ0n) is 8.67. The number of carbonyl (C=O) groups excluding carboxylic acids is 1. The molecule has 9 nitrogen and oxygen atoms in total. The Balaban J connectivity index is 3.54. The maximum absolute atomic E-state index is 11.3. The van der Waals surface area contributed by atoms with E-state index in [-0.39, 0.29) is 11.1 Å². The van der Waals surface area contributed by atoms with E-state index in [0.29, 0.717) is 0 Å². The standard InChI is InChI=1S/C8H8N4O5/c1-4-6(8(13)10-9)2-5(11(14)15)3-7(4)12(16)17/h2-3H,9H2,1H3,(H,10,13). The second-order valence-corrected chi connectivity index (χ2v) is 3.13. The average molecular weight is 240 g/mol. The first-order valence-electron chi connectivity index (χ1n) is 4.33. The maximum atomic E-state index is 11.3. The lowest BCUT2D eigenvalue weighted by atomic mass is 10.1. The molecule has 0 atom stereocenters. The number of hydrogen-bond acceptors (Lipinski definition) is 6. The summed E-state index contributed by atoms with van der Waals surface area (Å²) in [6, 6.07) is 1.73. The van der Waals surface area contributed by atoms with Crippen molar-refractivity contribution in [3.63, 3.8) is 0 Å². The highest BCUT2D eigenvalue weighted by Crippen LogP contribution is 2.27. The van der Waals surface area contributed by atoms with Gasteiger partial charge in [-0.2, -0.15) is 0 Å². The molecule has 1 aromatic carbocycles. The van der Waals surface area contributed by atoms with Crippen LogP contribution in [0.3, 0.4) is 0 Å². The normalized spacial score (nSPS) is 9.76. The van der Waals surface area contributed by atoms with Crippen LogP contribution in [-0.4, -0.2) is 15.8 Å². The van der Waals surface area contributed by atoms with Crippen molar-refractivity contribution in [2.45, 2.75) is 6.92 Å². The van der Waals surface area contributed by atoms with Crippen molar-refractivity contribution in [1.29, 1.82) is 0 Å². The van der Waals surface area contributed by atoms with Gasteiger partial charge in [0.2, 0.25) is 0 Å². The van der Waals surface area contributed by atoms with E-state index in [0.717, 1.165) is 12.1 Å². The summed E-state index contributed by atoms with van der Waals surface area (Å²) in [5, 5.41) is 21.2. The van der Waals surface area contributed by atoms with Gasteiger partial charge < -0.3 is 0 Å². The summed E-state index contributed by atoms with van der Waals surface area (Å²) >= 11 is 0. The Morgan fingerprint density at radius 3 is 2.29 bits per heavy atom. The third-order valence-corrected chi connectivity index (χ3v) is 2.15. The van der Waals surface area contributed by atoms with Gasteiger partial charge in [-0.15, -0.1) is 0 Å². The van der Waals surface area contributed by atoms with Crippen LogP contribution < -0.4 is 11.3 Å². The van der Waals surface area contributed by atoms with E-state index in [9.17, 15) is 25.0 Å². The molecule has 0 saturated heterocycles. The Morgan fingerprint density at radius 2 is 1.88 bits per heavy atom. The third kappa shape index (κ3) is 2.34. The van der Waals surface area contributed by atoms with E-state index >= 15 is 0 Å². The van der Waals surface area contributed by atoms with Crippen LogP contribution in [0, 0.1) is 27.2 Å². The molecule has 17 heavy (non-hydrogen) atoms. The molecule has 0 radical (unpaired) electrons. The average Bonchev–Trinajstić information content (AvgIpc) is 2.27. The first kappa shape index (κ1) is 12.5. The number of nitrogens with one attached hydrogen (secondary N) is 1. The SMILES string of the molecule is Cc1c(C(=O)NN)cc([N+](=O)[O-])cc1[N+](=O)[O-]. The molecule has 9 heteroatoms. The van der Waals surface area contributed by atoms with E-state index in [2.05, 4.69) is 0 Å². The number of amides is 1. The first-order valence-corrected chi connectivity index (χ1v) is 4.33. The van der Waals surface area contributed by atoms with Crippen LogP contribution in [0.4, 0.5) is 11.4 Å². The molecular weight excluding hydrogens is 232 g/mol. The summed E-state index contributed by atoms with van der Waals surface area (Å²) in [6.07, 6.45) is 0. The quantitative estimate of drug-likeness (QED) is 0.339. The maximum Gasteiger partial charge on any atom is 0.279 e. The lowest BCUT2D eigenvalue weighted by Crippen LogP contribution is -2.30. The predicted octanol–water partition coefficient (Wildman–Crippen LogP) is 0.415. The molecule has 0 heterocycles. The fourth-order valence-electron chi connectivity index (χ4n) is 1.29. The van der Waals surface area contributed by atoms with Gasteiger partial charge in [-0.1, -0.05) is 0 Å². The number of nitrogen functional groups attached to an aromatic ring is 1. The van der Waals surface area contributed by atoms with Crippen LogP contribution in [0.2, 0.25) is 0 Å². The minimum Gasteiger partial charge on any atom is -0.290 e. The van der Waals surface area contributed by atoms with Gasteiger partial charge in [0, 0.05) is 11.6 Å². The van der Waals surface area contributed by atoms with Crippen molar-refractivity contribution in [3.05, 3.63) is 43.5 Å². The fraction of sp³-hybridized carbons (Fsp3) is 0.125. The molecule has 0 aliphatic heterocycles. The van der Waals surface area contributed by atoms with Crippen molar-refractivity contribution < 1.29 is 14.6 Å². The van der Waals surface area contributed by atoms with Crippen molar-refractivity contribution >= 4 is 17.3 Å². The smallest absolute Gasteiger partial charge is 0.279 e. The topological polar surface area (TPSA) is 141 Å². The Hall–Kier alpha value is -2.55. The van der Waals surface area contributed by atoms with Gasteiger partial charge in [0.25, 0.3) is 17.3 Å². The van der Waals surface area contributed by atoms with Gasteiger partial charge in [0.1, 0.15) is 0 Å². The summed E-state index contributed by atoms with van der Waals surface area (Å²) in [5.74, 6) is 4.06. The summed E-state index contributed by atoms with van der Waals surface area (Å²) in [4.78, 5) is 30.9. The molecule has 0 spiro atoms. The van der Waals surface area contributed by atoms with E-state index in [1.54, 1.807) is 5.43 Å². The van der Waals surface area contributed by atoms with Gasteiger partial charge in [-0.3, -0.25) is 30.4 Å². The summed E-state index contributed by atoms with van der Waals surface area (Å²) in [6.45, 7) is 1.31. The van der Waals surface area contributed by atoms with Crippen LogP contribution in [0.15, 0.2) is 12.1 Å². The Labute approximate surface area is 94.5 Å². The summed E-state index contributed by atoms with van der Waals surface area (Å²) in [5.41, 5.74) is 0.544. The molecule has 1 aromatic rings. The number of non-ortho nitro benzene ring substituents is 1. The van der Waals surface area contributed by atoms with Crippen LogP contribution in [0.5, 0.6) is 0 Å². The van der Waals surface area contributed by atoms with E-state index in [1.807, 2.05) is 0 Å². The first-order chi connectivity index (χ1) is 7.88. The number of benzene rings is 1. The molecule has 0 aliphatic rings. The second-order valence-electron chi connectivity index (χ2n) is 3.13. The predicted molar refractivity (Wildman–Crippen MR) is 56.1 cm³/mol. The van der Waals surface area contributed by atoms with Crippen molar-refractivity contribution in [1.82, 2.24) is 5.43 Å². The Bertz CT molecular complexity index is 513. The molecule has 0 aromatic heterocycles. The monoisotopic (exact) mass is 240 g/mol. The summed E-state index contributed by atoms with van der Waals surface area (Å²) < 4.78 is 0. The third-order valence-electron chi connectivity index (χ3n) is 2.15. The highest BCUT2D eigenvalue weighted by molar-refractivity contribution is 5.97. The largest absolute Gasteiger partial charge is 0.290 e. The summed E-state index contributed by atoms with van der Waals surface area (Å²) in [7, 11) is 0. The van der Waals surface area contributed by atoms with Crippen molar-refractivity contribution in [2.75, 3.05) is 0 Å². The molecule has 0 fully saturated rings. The lowest BCUT2D eigenvalue weighted by Gasteiger charge is -2.04. The number of hydrogen-bond donors (Lipinski definition) is 2. The lowest BCUT2D eigenvalue weighted by molar-refractivity contribution is -0.394. The molecule has 0 saturated carbocycles. The molecule has 0 bridgehead atoms. The van der Waals surface area contributed by atoms with Crippen molar-refractivity contribution in [2.24, 2.45) is 5.84 Å². The number of nitro benzene ring substituents is 2. The minimum atomic E-state index is -0.825. The highest BCUT2D eigenvalue weighted by Gasteiger charge is 2.24. The number of nitrogens with zero attached hydrogens (tertiary/aromatic N) is 2. The van der Waals surface area contributed by atoms with E-state index < -0.39 is 27.1 Å². The Morgan fingerprint density at radius 1 is 1.29 bits per heavy atom. The fourth-order valence-corrected chi connectivity index (χ4v) is 1.29. The molecule has 1 amide bonds. The number of rotatable bonds is 3. The highest BCUT2D eigenvalue weighted by atomic mass is 16.6. The molecule has 1 rings (SSSR count). The van der Waals surface area contributed by atoms with Crippen LogP contribution in [0.1, 0.15) is 15.9 Å². The van der Waals surface area contributed by atoms with Gasteiger partial charge in [0.15, 0.2) is 0 Å². The van der Waals surface area contributed by atoms with Gasteiger partial charge in [-0.25, -0.2) is 5.84 Å². The zero-order valence-corrected chi connectivity index (χ0v) is 8.67. The van der Waals surface area contributed by atoms with Gasteiger partial charge in [0.05, 0.1) is 21.5 Å². The Kier molecular flexibility index (Phi) is 3.34. The number of nitrogens with two attached hydrogens (primary N) is 1. The second kappa shape index (κ2) is 4.53. The van der Waals surface area contributed by atoms with Crippen LogP contribution >= 0.6 is 0 Å². The van der Waals surface area contributed by atoms with Crippen LogP contribution in [0.25, 0.3) is 0 Å².